The van der Waals surface area contributed by atoms with E-state index in [9.17, 15) is 4.79 Å². The summed E-state index contributed by atoms with van der Waals surface area (Å²) in [6.45, 7) is 0. The molecule has 0 aliphatic heterocycles. The molecular formula is C9H10O. The Morgan fingerprint density at radius 1 is 1.50 bits per heavy atom. The summed E-state index contributed by atoms with van der Waals surface area (Å²) in [6, 6.07) is 0. The number of carbonyl (C=O) groups is 1. The van der Waals surface area contributed by atoms with Gasteiger partial charge in [0, 0.05) is 0 Å². The van der Waals surface area contributed by atoms with Crippen LogP contribution in [0.1, 0.15) is 12.8 Å². The smallest absolute Gasteiger partial charge is 0.142 e. The highest BCUT2D eigenvalue weighted by molar-refractivity contribution is 5.65. The van der Waals surface area contributed by atoms with Gasteiger partial charge in [0.05, 0.1) is 0 Å². The molecule has 10 heavy (non-hydrogen) atoms. The molecule has 0 aromatic rings. The number of rotatable bonds is 2. The zero-order chi connectivity index (χ0) is 7.23. The van der Waals surface area contributed by atoms with Crippen LogP contribution in [0, 0.1) is 0 Å². The zero-order valence-corrected chi connectivity index (χ0v) is 5.79. The second kappa shape index (κ2) is 3.83. The van der Waals surface area contributed by atoms with Crippen molar-refractivity contribution in [3.8, 4) is 0 Å². The topological polar surface area (TPSA) is 17.1 Å². The third kappa shape index (κ3) is 2.02. The quantitative estimate of drug-likeness (QED) is 0.417. The minimum atomic E-state index is 0.805. The number of hydrogen-bond donors (Lipinski definition) is 0. The molecule has 52 valence electrons. The summed E-state index contributed by atoms with van der Waals surface area (Å²) >= 11 is 0. The van der Waals surface area contributed by atoms with E-state index in [4.69, 9.17) is 0 Å². The molecule has 0 saturated carbocycles. The Morgan fingerprint density at radius 2 is 2.40 bits per heavy atom. The Kier molecular flexibility index (Phi) is 2.68. The van der Waals surface area contributed by atoms with Gasteiger partial charge in [-0.3, -0.25) is 4.79 Å². The molecule has 0 atom stereocenters. The summed E-state index contributed by atoms with van der Waals surface area (Å²) in [7, 11) is 0. The number of hydrogen-bond acceptors (Lipinski definition) is 1. The SMILES string of the molecule is O=C/C=C/C1=CC=CCC1. The highest BCUT2D eigenvalue weighted by Gasteiger charge is 1.92. The predicted octanol–water partition coefficient (Wildman–Crippen LogP) is 2.02. The van der Waals surface area contributed by atoms with Crippen molar-refractivity contribution in [1.82, 2.24) is 0 Å². The van der Waals surface area contributed by atoms with Gasteiger partial charge in [-0.15, -0.1) is 0 Å². The van der Waals surface area contributed by atoms with Gasteiger partial charge < -0.3 is 0 Å². The Morgan fingerprint density at radius 3 is 3.00 bits per heavy atom. The lowest BCUT2D eigenvalue weighted by molar-refractivity contribution is -0.104. The number of aldehydes is 1. The Bertz CT molecular complexity index is 197. The lowest BCUT2D eigenvalue weighted by Crippen LogP contribution is -1.82. The van der Waals surface area contributed by atoms with Crippen LogP contribution in [0.25, 0.3) is 0 Å². The molecule has 0 aromatic carbocycles. The van der Waals surface area contributed by atoms with E-state index in [0.29, 0.717) is 0 Å². The molecule has 0 aromatic heterocycles. The molecule has 0 spiro atoms. The van der Waals surface area contributed by atoms with Crippen LogP contribution in [0.2, 0.25) is 0 Å². The Labute approximate surface area is 60.7 Å². The monoisotopic (exact) mass is 134 g/mol. The van der Waals surface area contributed by atoms with Crippen LogP contribution in [0.15, 0.2) is 36.0 Å². The van der Waals surface area contributed by atoms with Crippen LogP contribution in [-0.4, -0.2) is 6.29 Å². The maximum Gasteiger partial charge on any atom is 0.142 e. The zero-order valence-electron chi connectivity index (χ0n) is 5.79. The van der Waals surface area contributed by atoms with E-state index in [2.05, 4.69) is 6.08 Å². The minimum absolute atomic E-state index is 0.805. The standard InChI is InChI=1S/C9H10O/c10-8-4-7-9-5-2-1-3-6-9/h1-2,4-5,7-8H,3,6H2/b7-4+. The molecule has 1 aliphatic rings. The highest BCUT2D eigenvalue weighted by atomic mass is 16.1. The van der Waals surface area contributed by atoms with E-state index in [1.165, 1.54) is 11.6 Å². The van der Waals surface area contributed by atoms with Gasteiger partial charge in [-0.1, -0.05) is 24.3 Å². The molecular weight excluding hydrogens is 124 g/mol. The van der Waals surface area contributed by atoms with Gasteiger partial charge in [0.15, 0.2) is 0 Å². The molecule has 0 unspecified atom stereocenters. The van der Waals surface area contributed by atoms with Crippen LogP contribution in [0.3, 0.4) is 0 Å². The third-order valence-electron chi connectivity index (χ3n) is 1.43. The Balaban J connectivity index is 2.54. The summed E-state index contributed by atoms with van der Waals surface area (Å²) in [5.41, 5.74) is 1.23. The van der Waals surface area contributed by atoms with Gasteiger partial charge in [0.25, 0.3) is 0 Å². The molecule has 0 radical (unpaired) electrons. The number of carbonyl (C=O) groups excluding carboxylic acids is 1. The Hall–Kier alpha value is -1.11. The lowest BCUT2D eigenvalue weighted by atomic mass is 10.1. The summed E-state index contributed by atoms with van der Waals surface area (Å²) in [6.07, 6.45) is 12.5. The lowest BCUT2D eigenvalue weighted by Gasteiger charge is -2.00. The summed E-state index contributed by atoms with van der Waals surface area (Å²) < 4.78 is 0. The molecule has 0 bridgehead atoms. The van der Waals surface area contributed by atoms with Crippen molar-refractivity contribution in [2.45, 2.75) is 12.8 Å². The molecule has 1 nitrogen and oxygen atoms in total. The fourth-order valence-corrected chi connectivity index (χ4v) is 0.923. The summed E-state index contributed by atoms with van der Waals surface area (Å²) in [5, 5.41) is 0. The molecule has 0 saturated heterocycles. The molecule has 1 heteroatoms. The summed E-state index contributed by atoms with van der Waals surface area (Å²) in [5.74, 6) is 0. The van der Waals surface area contributed by atoms with Crippen molar-refractivity contribution in [3.05, 3.63) is 36.0 Å². The summed E-state index contributed by atoms with van der Waals surface area (Å²) in [4.78, 5) is 9.92. The van der Waals surface area contributed by atoms with Gasteiger partial charge in [0.2, 0.25) is 0 Å². The molecule has 1 rings (SSSR count). The van der Waals surface area contributed by atoms with Crippen LogP contribution in [-0.2, 0) is 4.79 Å². The molecule has 0 amide bonds. The van der Waals surface area contributed by atoms with Crippen molar-refractivity contribution in [1.29, 1.82) is 0 Å². The average molecular weight is 134 g/mol. The highest BCUT2D eigenvalue weighted by Crippen LogP contribution is 2.11. The largest absolute Gasteiger partial charge is 0.299 e. The van der Waals surface area contributed by atoms with Crippen molar-refractivity contribution < 1.29 is 4.79 Å². The molecule has 1 aliphatic carbocycles. The van der Waals surface area contributed by atoms with E-state index in [1.54, 1.807) is 0 Å². The fourth-order valence-electron chi connectivity index (χ4n) is 0.923. The maximum atomic E-state index is 9.92. The van der Waals surface area contributed by atoms with Crippen LogP contribution >= 0.6 is 0 Å². The van der Waals surface area contributed by atoms with E-state index >= 15 is 0 Å². The van der Waals surface area contributed by atoms with Gasteiger partial charge in [-0.05, 0) is 24.5 Å². The van der Waals surface area contributed by atoms with Gasteiger partial charge in [-0.25, -0.2) is 0 Å². The average Bonchev–Trinajstić information content (AvgIpc) is 2.03. The third-order valence-corrected chi connectivity index (χ3v) is 1.43. The van der Waals surface area contributed by atoms with Crippen LogP contribution < -0.4 is 0 Å². The normalized spacial score (nSPS) is 17.4. The molecule has 0 fully saturated rings. The van der Waals surface area contributed by atoms with Crippen molar-refractivity contribution in [2.24, 2.45) is 0 Å². The fraction of sp³-hybridized carbons (Fsp3) is 0.222. The van der Waals surface area contributed by atoms with E-state index < -0.39 is 0 Å². The minimum Gasteiger partial charge on any atom is -0.299 e. The maximum absolute atomic E-state index is 9.92. The molecule has 0 heterocycles. The first-order valence-electron chi connectivity index (χ1n) is 3.41. The molecule has 0 N–H and O–H groups in total. The predicted molar refractivity (Wildman–Crippen MR) is 41.7 cm³/mol. The first-order valence-corrected chi connectivity index (χ1v) is 3.41. The van der Waals surface area contributed by atoms with Crippen LogP contribution in [0.4, 0.5) is 0 Å². The van der Waals surface area contributed by atoms with Crippen molar-refractivity contribution in [2.75, 3.05) is 0 Å². The first kappa shape index (κ1) is 7.00. The second-order valence-corrected chi connectivity index (χ2v) is 2.20. The van der Waals surface area contributed by atoms with Gasteiger partial charge >= 0.3 is 0 Å². The van der Waals surface area contributed by atoms with Crippen molar-refractivity contribution >= 4 is 6.29 Å². The van der Waals surface area contributed by atoms with Crippen molar-refractivity contribution in [3.63, 3.8) is 0 Å². The first-order chi connectivity index (χ1) is 4.93. The second-order valence-electron chi connectivity index (χ2n) is 2.20. The van der Waals surface area contributed by atoms with E-state index in [0.717, 1.165) is 19.1 Å². The van der Waals surface area contributed by atoms with E-state index in [1.807, 2.05) is 18.2 Å². The van der Waals surface area contributed by atoms with E-state index in [-0.39, 0.29) is 0 Å². The van der Waals surface area contributed by atoms with Gasteiger partial charge in [0.1, 0.15) is 6.29 Å². The van der Waals surface area contributed by atoms with Gasteiger partial charge in [-0.2, -0.15) is 0 Å². The number of allylic oxidation sites excluding steroid dienone is 6. The van der Waals surface area contributed by atoms with Crippen LogP contribution in [0.5, 0.6) is 0 Å².